The predicted octanol–water partition coefficient (Wildman–Crippen LogP) is -2.08. The fourth-order valence-corrected chi connectivity index (χ4v) is 0.207. The van der Waals surface area contributed by atoms with E-state index in [1.165, 1.54) is 5.67 Å². The van der Waals surface area contributed by atoms with E-state index >= 15 is 0 Å². The highest BCUT2D eigenvalue weighted by Crippen LogP contribution is 1.64. The number of nitrogens with zero attached hydrogens (tertiary/aromatic N) is 1. The Morgan fingerprint density at radius 1 is 1.71 bits per heavy atom. The maximum Gasteiger partial charge on any atom is 0.232 e. The molecule has 0 unspecified atom stereocenters. The van der Waals surface area contributed by atoms with E-state index in [9.17, 15) is 0 Å². The van der Waals surface area contributed by atoms with Crippen molar-refractivity contribution in [3.05, 3.63) is 0 Å². The summed E-state index contributed by atoms with van der Waals surface area (Å²) >= 11 is 5.25. The number of halogens is 2. The molecule has 0 radical (unpaired) electrons. The van der Waals surface area contributed by atoms with Crippen molar-refractivity contribution in [2.75, 3.05) is 13.6 Å². The molecule has 0 atom stereocenters. The Kier molecular flexibility index (Phi) is 9.17. The van der Waals surface area contributed by atoms with Crippen LogP contribution in [0, 0.1) is 0 Å². The fraction of sp³-hybridized carbons (Fsp3) is 0.750. The van der Waals surface area contributed by atoms with Gasteiger partial charge >= 0.3 is 0 Å². The molecule has 0 saturated heterocycles. The number of hydrogen-bond donors (Lipinski definition) is 0. The first kappa shape index (κ1) is 10.3. The first-order chi connectivity index (χ1) is 2.81. The standard InChI is InChI=1S/C4H9ClN.ClH/c1-3-6(2)4-5;/h4H,3H2,1-2H3;1H/q+1;/p-1. The minimum Gasteiger partial charge on any atom is -1.00 e. The van der Waals surface area contributed by atoms with Crippen LogP contribution in [0.5, 0.6) is 0 Å². The van der Waals surface area contributed by atoms with Gasteiger partial charge in [-0.1, -0.05) is 0 Å². The van der Waals surface area contributed by atoms with Crippen LogP contribution in [0.15, 0.2) is 0 Å². The average Bonchev–Trinajstić information content (AvgIpc) is 1.65. The Hall–Kier alpha value is 0.250. The lowest BCUT2D eigenvalue weighted by molar-refractivity contribution is -0.486. The van der Waals surface area contributed by atoms with E-state index in [4.69, 9.17) is 11.6 Å². The van der Waals surface area contributed by atoms with Crippen LogP contribution in [0.4, 0.5) is 0 Å². The molecule has 0 saturated carbocycles. The van der Waals surface area contributed by atoms with Crippen molar-refractivity contribution in [3.63, 3.8) is 0 Å². The number of rotatable bonds is 1. The molecular formula is C4H9Cl2N. The van der Waals surface area contributed by atoms with Gasteiger partial charge in [0.05, 0.1) is 0 Å². The topological polar surface area (TPSA) is 3.01 Å². The molecule has 0 amide bonds. The van der Waals surface area contributed by atoms with E-state index in [-0.39, 0.29) is 12.4 Å². The predicted molar refractivity (Wildman–Crippen MR) is 28.6 cm³/mol. The zero-order chi connectivity index (χ0) is 4.99. The van der Waals surface area contributed by atoms with Crippen LogP contribution in [-0.2, 0) is 0 Å². The summed E-state index contributed by atoms with van der Waals surface area (Å²) in [4.78, 5) is 0. The third kappa shape index (κ3) is 6.25. The highest BCUT2D eigenvalue weighted by atomic mass is 35.5. The third-order valence-electron chi connectivity index (χ3n) is 0.665. The Bertz CT molecular complexity index is 60.7. The van der Waals surface area contributed by atoms with Crippen LogP contribution in [0.25, 0.3) is 0 Å². The van der Waals surface area contributed by atoms with Gasteiger partial charge in [0, 0.05) is 0 Å². The highest BCUT2D eigenvalue weighted by Gasteiger charge is 1.79. The second-order valence-corrected chi connectivity index (χ2v) is 1.37. The van der Waals surface area contributed by atoms with Crippen molar-refractivity contribution in [2.45, 2.75) is 6.92 Å². The lowest BCUT2D eigenvalue weighted by Crippen LogP contribution is -3.00. The Labute approximate surface area is 55.4 Å². The van der Waals surface area contributed by atoms with Crippen molar-refractivity contribution < 1.29 is 17.0 Å². The van der Waals surface area contributed by atoms with Crippen LogP contribution >= 0.6 is 11.6 Å². The monoisotopic (exact) mass is 141 g/mol. The second kappa shape index (κ2) is 6.25. The maximum atomic E-state index is 5.25. The zero-order valence-electron chi connectivity index (χ0n) is 4.49. The van der Waals surface area contributed by atoms with E-state index in [1.54, 1.807) is 0 Å². The second-order valence-electron chi connectivity index (χ2n) is 1.17. The molecule has 0 heterocycles. The lowest BCUT2D eigenvalue weighted by Gasteiger charge is -1.80. The molecule has 1 nitrogen and oxygen atoms in total. The highest BCUT2D eigenvalue weighted by molar-refractivity contribution is 6.54. The van der Waals surface area contributed by atoms with Gasteiger partial charge in [0.1, 0.15) is 13.6 Å². The maximum absolute atomic E-state index is 5.25. The van der Waals surface area contributed by atoms with Gasteiger partial charge in [-0.25, -0.2) is 4.58 Å². The Morgan fingerprint density at radius 2 is 2.14 bits per heavy atom. The largest absolute Gasteiger partial charge is 1.00 e. The minimum absolute atomic E-state index is 0. The molecule has 0 N–H and O–H groups in total. The molecule has 0 aliphatic carbocycles. The van der Waals surface area contributed by atoms with Crippen molar-refractivity contribution in [1.29, 1.82) is 0 Å². The number of hydrogen-bond acceptors (Lipinski definition) is 0. The molecule has 0 spiro atoms. The normalized spacial score (nSPS) is 10.4. The summed E-state index contributed by atoms with van der Waals surface area (Å²) in [5.41, 5.74) is 1.53. The summed E-state index contributed by atoms with van der Waals surface area (Å²) < 4.78 is 1.89. The third-order valence-corrected chi connectivity index (χ3v) is 0.999. The van der Waals surface area contributed by atoms with Crippen LogP contribution < -0.4 is 12.4 Å². The first-order valence-electron chi connectivity index (χ1n) is 1.95. The zero-order valence-corrected chi connectivity index (χ0v) is 6.00. The van der Waals surface area contributed by atoms with Crippen molar-refractivity contribution in [1.82, 2.24) is 0 Å². The average molecular weight is 142 g/mol. The molecule has 0 aliphatic rings. The van der Waals surface area contributed by atoms with Crippen LogP contribution in [0.1, 0.15) is 6.92 Å². The lowest BCUT2D eigenvalue weighted by atomic mass is 10.7. The fourth-order valence-electron chi connectivity index (χ4n) is 0.0690. The molecule has 0 aromatic heterocycles. The van der Waals surface area contributed by atoms with Gasteiger partial charge in [0.25, 0.3) is 0 Å². The van der Waals surface area contributed by atoms with Gasteiger partial charge in [-0.2, -0.15) is 0 Å². The van der Waals surface area contributed by atoms with E-state index in [2.05, 4.69) is 0 Å². The van der Waals surface area contributed by atoms with Gasteiger partial charge < -0.3 is 12.4 Å². The van der Waals surface area contributed by atoms with E-state index in [1.807, 2.05) is 18.5 Å². The summed E-state index contributed by atoms with van der Waals surface area (Å²) in [5, 5.41) is 0. The van der Waals surface area contributed by atoms with E-state index < -0.39 is 0 Å². The summed E-state index contributed by atoms with van der Waals surface area (Å²) in [6.07, 6.45) is 0. The summed E-state index contributed by atoms with van der Waals surface area (Å²) in [5.74, 6) is 0. The molecular weight excluding hydrogens is 133 g/mol. The summed E-state index contributed by atoms with van der Waals surface area (Å²) in [7, 11) is 1.92. The van der Waals surface area contributed by atoms with Gasteiger partial charge in [-0.3, -0.25) is 0 Å². The van der Waals surface area contributed by atoms with E-state index in [0.717, 1.165) is 6.54 Å². The Morgan fingerprint density at radius 3 is 2.14 bits per heavy atom. The smallest absolute Gasteiger partial charge is 0.232 e. The molecule has 0 rings (SSSR count). The van der Waals surface area contributed by atoms with Gasteiger partial charge in [0.15, 0.2) is 0 Å². The van der Waals surface area contributed by atoms with Crippen molar-refractivity contribution >= 4 is 17.3 Å². The van der Waals surface area contributed by atoms with Gasteiger partial charge in [-0.15, -0.1) is 0 Å². The quantitative estimate of drug-likeness (QED) is 0.292. The van der Waals surface area contributed by atoms with Gasteiger partial charge in [0.2, 0.25) is 5.67 Å². The van der Waals surface area contributed by atoms with Crippen LogP contribution in [-0.4, -0.2) is 23.8 Å². The molecule has 44 valence electrons. The first-order valence-corrected chi connectivity index (χ1v) is 2.38. The Balaban J connectivity index is 0. The van der Waals surface area contributed by atoms with Crippen molar-refractivity contribution in [2.24, 2.45) is 0 Å². The molecule has 0 aromatic carbocycles. The molecule has 0 aromatic rings. The summed E-state index contributed by atoms with van der Waals surface area (Å²) in [6, 6.07) is 0. The van der Waals surface area contributed by atoms with Crippen LogP contribution in [0.3, 0.4) is 0 Å². The molecule has 0 fully saturated rings. The molecule has 0 bridgehead atoms. The van der Waals surface area contributed by atoms with Crippen molar-refractivity contribution in [3.8, 4) is 0 Å². The molecule has 0 aliphatic heterocycles. The summed E-state index contributed by atoms with van der Waals surface area (Å²) in [6.45, 7) is 3.02. The molecule has 7 heavy (non-hydrogen) atoms. The SMILES string of the molecule is CC[N+](C)=CCl.[Cl-]. The molecule has 3 heteroatoms. The van der Waals surface area contributed by atoms with Crippen LogP contribution in [0.2, 0.25) is 0 Å². The van der Waals surface area contributed by atoms with Gasteiger partial charge in [-0.05, 0) is 18.5 Å². The minimum atomic E-state index is 0. The van der Waals surface area contributed by atoms with E-state index in [0.29, 0.717) is 0 Å².